The van der Waals surface area contributed by atoms with Crippen LogP contribution in [0, 0.1) is 0 Å². The summed E-state index contributed by atoms with van der Waals surface area (Å²) >= 11 is 0. The van der Waals surface area contributed by atoms with Crippen LogP contribution in [0.15, 0.2) is 12.7 Å². The predicted molar refractivity (Wildman–Crippen MR) is 77.6 cm³/mol. The molecule has 0 radical (unpaired) electrons. The Bertz CT molecular complexity index is 235. The highest BCUT2D eigenvalue weighted by atomic mass is 16.6. The Balaban J connectivity index is 3.94. The molecule has 0 aliphatic rings. The van der Waals surface area contributed by atoms with Crippen molar-refractivity contribution >= 4 is 5.97 Å². The minimum Gasteiger partial charge on any atom is -0.456 e. The van der Waals surface area contributed by atoms with Gasteiger partial charge in [-0.25, -0.2) is 4.79 Å². The summed E-state index contributed by atoms with van der Waals surface area (Å²) in [5.74, 6) is -0.295. The fourth-order valence-corrected chi connectivity index (χ4v) is 2.32. The SMILES string of the molecule is C=CC(=O)OC(C)(CCC)CCCCCCCC. The molecule has 0 saturated carbocycles. The molecule has 1 unspecified atom stereocenters. The number of rotatable bonds is 11. The Morgan fingerprint density at radius 1 is 1.06 bits per heavy atom. The molecule has 0 amide bonds. The van der Waals surface area contributed by atoms with Gasteiger partial charge in [-0.05, 0) is 26.2 Å². The highest BCUT2D eigenvalue weighted by Crippen LogP contribution is 2.25. The van der Waals surface area contributed by atoms with E-state index in [1.165, 1.54) is 38.2 Å². The molecule has 0 N–H and O–H groups in total. The van der Waals surface area contributed by atoms with Crippen LogP contribution < -0.4 is 0 Å². The third-order valence-electron chi connectivity index (χ3n) is 3.35. The molecular weight excluding hydrogens is 224 g/mol. The van der Waals surface area contributed by atoms with Crippen molar-refractivity contribution in [3.05, 3.63) is 12.7 Å². The molecule has 0 aromatic rings. The quantitative estimate of drug-likeness (QED) is 0.294. The monoisotopic (exact) mass is 254 g/mol. The van der Waals surface area contributed by atoms with E-state index in [0.717, 1.165) is 25.7 Å². The Morgan fingerprint density at radius 2 is 1.67 bits per heavy atom. The lowest BCUT2D eigenvalue weighted by Gasteiger charge is -2.29. The van der Waals surface area contributed by atoms with Crippen LogP contribution in [0.2, 0.25) is 0 Å². The average molecular weight is 254 g/mol. The fourth-order valence-electron chi connectivity index (χ4n) is 2.32. The second kappa shape index (κ2) is 10.2. The normalized spacial score (nSPS) is 13.9. The Labute approximate surface area is 113 Å². The summed E-state index contributed by atoms with van der Waals surface area (Å²) < 4.78 is 5.50. The van der Waals surface area contributed by atoms with E-state index in [4.69, 9.17) is 4.74 Å². The number of hydrogen-bond donors (Lipinski definition) is 0. The van der Waals surface area contributed by atoms with Gasteiger partial charge in [-0.15, -0.1) is 0 Å². The summed E-state index contributed by atoms with van der Waals surface area (Å²) in [7, 11) is 0. The Hall–Kier alpha value is -0.790. The zero-order chi connectivity index (χ0) is 13.9. The summed E-state index contributed by atoms with van der Waals surface area (Å²) in [5, 5.41) is 0. The average Bonchev–Trinajstić information content (AvgIpc) is 2.33. The van der Waals surface area contributed by atoms with Crippen molar-refractivity contribution in [3.63, 3.8) is 0 Å². The highest BCUT2D eigenvalue weighted by Gasteiger charge is 2.26. The Kier molecular flexibility index (Phi) is 9.72. The van der Waals surface area contributed by atoms with Gasteiger partial charge in [-0.1, -0.05) is 59.0 Å². The largest absolute Gasteiger partial charge is 0.456 e. The van der Waals surface area contributed by atoms with Crippen molar-refractivity contribution in [2.45, 2.75) is 84.2 Å². The van der Waals surface area contributed by atoms with Crippen LogP contribution in [-0.4, -0.2) is 11.6 Å². The Morgan fingerprint density at radius 3 is 2.22 bits per heavy atom. The molecule has 0 saturated heterocycles. The summed E-state index contributed by atoms with van der Waals surface area (Å²) in [6.45, 7) is 9.86. The molecule has 0 fully saturated rings. The van der Waals surface area contributed by atoms with Gasteiger partial charge in [0, 0.05) is 6.08 Å². The van der Waals surface area contributed by atoms with E-state index in [1.54, 1.807) is 0 Å². The molecule has 18 heavy (non-hydrogen) atoms. The first kappa shape index (κ1) is 17.2. The molecule has 0 spiro atoms. The minimum atomic E-state index is -0.301. The minimum absolute atomic E-state index is 0.295. The van der Waals surface area contributed by atoms with Crippen LogP contribution >= 0.6 is 0 Å². The third kappa shape index (κ3) is 8.32. The van der Waals surface area contributed by atoms with Gasteiger partial charge in [0.05, 0.1) is 0 Å². The van der Waals surface area contributed by atoms with Crippen LogP contribution in [0.5, 0.6) is 0 Å². The molecule has 0 aliphatic heterocycles. The molecule has 1 atom stereocenters. The van der Waals surface area contributed by atoms with Crippen molar-refractivity contribution in [3.8, 4) is 0 Å². The van der Waals surface area contributed by atoms with Gasteiger partial charge in [-0.3, -0.25) is 0 Å². The van der Waals surface area contributed by atoms with Gasteiger partial charge in [0.2, 0.25) is 0 Å². The molecular formula is C16H30O2. The fraction of sp³-hybridized carbons (Fsp3) is 0.812. The lowest BCUT2D eigenvalue weighted by molar-refractivity contribution is -0.153. The van der Waals surface area contributed by atoms with Gasteiger partial charge in [0.15, 0.2) is 0 Å². The first-order valence-electron chi connectivity index (χ1n) is 7.43. The zero-order valence-corrected chi connectivity index (χ0v) is 12.5. The van der Waals surface area contributed by atoms with Crippen LogP contribution in [0.25, 0.3) is 0 Å². The molecule has 0 aromatic heterocycles. The highest BCUT2D eigenvalue weighted by molar-refractivity contribution is 5.81. The standard InChI is InChI=1S/C16H30O2/c1-5-8-9-10-11-12-14-16(4,13-6-2)18-15(17)7-3/h7H,3,5-6,8-14H2,1-2,4H3. The number of ether oxygens (including phenoxy) is 1. The predicted octanol–water partition coefficient (Wildman–Crippen LogP) is 5.03. The van der Waals surface area contributed by atoms with Crippen molar-refractivity contribution in [1.29, 1.82) is 0 Å². The first-order valence-corrected chi connectivity index (χ1v) is 7.43. The van der Waals surface area contributed by atoms with Crippen molar-refractivity contribution < 1.29 is 9.53 Å². The van der Waals surface area contributed by atoms with Crippen LogP contribution in [0.1, 0.15) is 78.6 Å². The molecule has 2 heteroatoms. The maximum atomic E-state index is 11.3. The maximum absolute atomic E-state index is 11.3. The number of esters is 1. The summed E-state index contributed by atoms with van der Waals surface area (Å²) in [6.07, 6.45) is 11.8. The van der Waals surface area contributed by atoms with Crippen LogP contribution in [0.4, 0.5) is 0 Å². The molecule has 0 bridgehead atoms. The summed E-state index contributed by atoms with van der Waals surface area (Å²) in [6, 6.07) is 0. The number of hydrogen-bond acceptors (Lipinski definition) is 2. The number of carbonyl (C=O) groups excluding carboxylic acids is 1. The topological polar surface area (TPSA) is 26.3 Å². The van der Waals surface area contributed by atoms with Gasteiger partial charge in [0.1, 0.15) is 5.60 Å². The number of unbranched alkanes of at least 4 members (excludes halogenated alkanes) is 5. The van der Waals surface area contributed by atoms with Gasteiger partial charge >= 0.3 is 5.97 Å². The van der Waals surface area contributed by atoms with Gasteiger partial charge in [-0.2, -0.15) is 0 Å². The van der Waals surface area contributed by atoms with E-state index in [1.807, 2.05) is 6.92 Å². The maximum Gasteiger partial charge on any atom is 0.330 e. The second-order valence-corrected chi connectivity index (χ2v) is 5.34. The smallest absolute Gasteiger partial charge is 0.330 e. The molecule has 0 heterocycles. The summed E-state index contributed by atoms with van der Waals surface area (Å²) in [4.78, 5) is 11.3. The van der Waals surface area contributed by atoms with E-state index in [-0.39, 0.29) is 11.6 Å². The molecule has 0 rings (SSSR count). The van der Waals surface area contributed by atoms with Crippen LogP contribution in [-0.2, 0) is 9.53 Å². The molecule has 0 aromatic carbocycles. The molecule has 0 aliphatic carbocycles. The van der Waals surface area contributed by atoms with Gasteiger partial charge in [0.25, 0.3) is 0 Å². The van der Waals surface area contributed by atoms with Crippen molar-refractivity contribution in [1.82, 2.24) is 0 Å². The number of carbonyl (C=O) groups is 1. The van der Waals surface area contributed by atoms with E-state index in [0.29, 0.717) is 0 Å². The van der Waals surface area contributed by atoms with Crippen molar-refractivity contribution in [2.75, 3.05) is 0 Å². The van der Waals surface area contributed by atoms with E-state index >= 15 is 0 Å². The zero-order valence-electron chi connectivity index (χ0n) is 12.5. The summed E-state index contributed by atoms with van der Waals surface area (Å²) in [5.41, 5.74) is -0.301. The van der Waals surface area contributed by atoms with E-state index < -0.39 is 0 Å². The van der Waals surface area contributed by atoms with Gasteiger partial charge < -0.3 is 4.74 Å². The lowest BCUT2D eigenvalue weighted by Crippen LogP contribution is -2.31. The third-order valence-corrected chi connectivity index (χ3v) is 3.35. The van der Waals surface area contributed by atoms with E-state index in [2.05, 4.69) is 20.4 Å². The first-order chi connectivity index (χ1) is 8.58. The second-order valence-electron chi connectivity index (χ2n) is 5.34. The van der Waals surface area contributed by atoms with E-state index in [9.17, 15) is 4.79 Å². The molecule has 106 valence electrons. The van der Waals surface area contributed by atoms with Crippen molar-refractivity contribution in [2.24, 2.45) is 0 Å². The van der Waals surface area contributed by atoms with Crippen LogP contribution in [0.3, 0.4) is 0 Å². The molecule has 2 nitrogen and oxygen atoms in total. The lowest BCUT2D eigenvalue weighted by atomic mass is 9.92.